The van der Waals surface area contributed by atoms with Crippen LogP contribution in [0.3, 0.4) is 0 Å². The van der Waals surface area contributed by atoms with Gasteiger partial charge in [-0.3, -0.25) is 0 Å². The molecular weight excluding hydrogens is 372 g/mol. The SMILES string of the molecule is CCn1ncc2c(C(=O)OCc3nc(N)nc(N)n3)cc(-c3ccccc3)nc21. The Morgan fingerprint density at radius 1 is 1.07 bits per heavy atom. The number of nitrogens with zero attached hydrogens (tertiary/aromatic N) is 6. The van der Waals surface area contributed by atoms with Crippen LogP contribution in [0.5, 0.6) is 0 Å². The maximum Gasteiger partial charge on any atom is 0.339 e. The number of anilines is 2. The molecule has 0 saturated heterocycles. The fourth-order valence-corrected chi connectivity index (χ4v) is 2.93. The van der Waals surface area contributed by atoms with Crippen LogP contribution in [0.1, 0.15) is 23.1 Å². The lowest BCUT2D eigenvalue weighted by Gasteiger charge is -2.09. The Kier molecular flexibility index (Phi) is 4.73. The van der Waals surface area contributed by atoms with E-state index in [4.69, 9.17) is 16.2 Å². The molecule has 3 heterocycles. The van der Waals surface area contributed by atoms with Crippen molar-refractivity contribution in [3.05, 3.63) is 54.0 Å². The first kappa shape index (κ1) is 18.3. The predicted octanol–water partition coefficient (Wildman–Crippen LogP) is 1.82. The van der Waals surface area contributed by atoms with Crippen molar-refractivity contribution in [1.29, 1.82) is 0 Å². The van der Waals surface area contributed by atoms with Crippen molar-refractivity contribution in [2.75, 3.05) is 11.5 Å². The van der Waals surface area contributed by atoms with Gasteiger partial charge in [-0.25, -0.2) is 14.5 Å². The predicted molar refractivity (Wildman–Crippen MR) is 106 cm³/mol. The minimum Gasteiger partial charge on any atom is -0.454 e. The summed E-state index contributed by atoms with van der Waals surface area (Å²) in [5.41, 5.74) is 13.6. The normalized spacial score (nSPS) is 10.9. The molecule has 0 saturated carbocycles. The third-order valence-corrected chi connectivity index (χ3v) is 4.25. The highest BCUT2D eigenvalue weighted by Crippen LogP contribution is 2.25. The Balaban J connectivity index is 1.71. The number of esters is 1. The van der Waals surface area contributed by atoms with E-state index < -0.39 is 5.97 Å². The fourth-order valence-electron chi connectivity index (χ4n) is 2.93. The second kappa shape index (κ2) is 7.50. The zero-order chi connectivity index (χ0) is 20.4. The Morgan fingerprint density at radius 3 is 2.48 bits per heavy atom. The first-order valence-corrected chi connectivity index (χ1v) is 8.90. The Labute approximate surface area is 165 Å². The minimum atomic E-state index is -0.553. The Morgan fingerprint density at radius 2 is 1.79 bits per heavy atom. The molecule has 3 aromatic heterocycles. The molecule has 4 aromatic rings. The van der Waals surface area contributed by atoms with Gasteiger partial charge in [-0.15, -0.1) is 0 Å². The lowest BCUT2D eigenvalue weighted by atomic mass is 10.1. The summed E-state index contributed by atoms with van der Waals surface area (Å²) in [7, 11) is 0. The standard InChI is InChI=1S/C19H18N8O2/c1-2-27-16-13(9-22-27)12(8-14(23-16)11-6-4-3-5-7-11)17(28)29-10-15-24-18(20)26-19(21)25-15/h3-9H,2,10H2,1H3,(H4,20,21,24,25,26). The van der Waals surface area contributed by atoms with Gasteiger partial charge >= 0.3 is 5.97 Å². The van der Waals surface area contributed by atoms with Crippen LogP contribution < -0.4 is 11.5 Å². The third-order valence-electron chi connectivity index (χ3n) is 4.25. The summed E-state index contributed by atoms with van der Waals surface area (Å²) < 4.78 is 7.13. The van der Waals surface area contributed by atoms with E-state index in [1.54, 1.807) is 16.9 Å². The minimum absolute atomic E-state index is 0.0366. The maximum atomic E-state index is 12.9. The lowest BCUT2D eigenvalue weighted by Crippen LogP contribution is -2.12. The number of aryl methyl sites for hydroxylation is 1. The Bertz CT molecular complexity index is 1170. The van der Waals surface area contributed by atoms with Gasteiger partial charge in [-0.1, -0.05) is 30.3 Å². The van der Waals surface area contributed by atoms with Crippen molar-refractivity contribution in [2.24, 2.45) is 0 Å². The molecule has 1 aromatic carbocycles. The molecule has 10 nitrogen and oxygen atoms in total. The van der Waals surface area contributed by atoms with Gasteiger partial charge < -0.3 is 16.2 Å². The first-order valence-electron chi connectivity index (χ1n) is 8.90. The van der Waals surface area contributed by atoms with E-state index in [2.05, 4.69) is 25.0 Å². The molecule has 4 N–H and O–H groups in total. The van der Waals surface area contributed by atoms with E-state index in [1.165, 1.54) is 0 Å². The third kappa shape index (κ3) is 3.68. The quantitative estimate of drug-likeness (QED) is 0.487. The molecule has 0 spiro atoms. The van der Waals surface area contributed by atoms with Crippen LogP contribution in [0, 0.1) is 0 Å². The monoisotopic (exact) mass is 390 g/mol. The number of fused-ring (bicyclic) bond motifs is 1. The van der Waals surface area contributed by atoms with Crippen LogP contribution in [0.15, 0.2) is 42.6 Å². The summed E-state index contributed by atoms with van der Waals surface area (Å²) in [6.45, 7) is 2.38. The van der Waals surface area contributed by atoms with Crippen molar-refractivity contribution in [2.45, 2.75) is 20.1 Å². The van der Waals surface area contributed by atoms with Gasteiger partial charge in [0.1, 0.15) is 0 Å². The molecule has 0 atom stereocenters. The molecule has 0 fully saturated rings. The van der Waals surface area contributed by atoms with Crippen molar-refractivity contribution in [1.82, 2.24) is 29.7 Å². The highest BCUT2D eigenvalue weighted by molar-refractivity contribution is 6.03. The fraction of sp³-hybridized carbons (Fsp3) is 0.158. The van der Waals surface area contributed by atoms with E-state index in [1.807, 2.05) is 37.3 Å². The van der Waals surface area contributed by atoms with Gasteiger partial charge in [0.25, 0.3) is 0 Å². The molecule has 0 aliphatic heterocycles. The number of carbonyl (C=O) groups is 1. The largest absolute Gasteiger partial charge is 0.454 e. The molecule has 0 radical (unpaired) electrons. The van der Waals surface area contributed by atoms with Crippen LogP contribution in [0.4, 0.5) is 11.9 Å². The van der Waals surface area contributed by atoms with Crippen LogP contribution in [-0.2, 0) is 17.9 Å². The number of benzene rings is 1. The molecule has 10 heteroatoms. The summed E-state index contributed by atoms with van der Waals surface area (Å²) in [5.74, 6) is -0.458. The summed E-state index contributed by atoms with van der Waals surface area (Å²) in [4.78, 5) is 29.1. The maximum absolute atomic E-state index is 12.9. The number of hydrogen-bond donors (Lipinski definition) is 2. The lowest BCUT2D eigenvalue weighted by molar-refractivity contribution is 0.0464. The van der Waals surface area contributed by atoms with Gasteiger partial charge in [0.05, 0.1) is 22.8 Å². The Hall–Kier alpha value is -4.08. The summed E-state index contributed by atoms with van der Waals surface area (Å²) >= 11 is 0. The molecule has 4 rings (SSSR count). The highest BCUT2D eigenvalue weighted by Gasteiger charge is 2.19. The number of hydrogen-bond acceptors (Lipinski definition) is 9. The number of ether oxygens (including phenoxy) is 1. The topological polar surface area (TPSA) is 148 Å². The van der Waals surface area contributed by atoms with E-state index in [0.29, 0.717) is 28.8 Å². The molecular formula is C19H18N8O2. The molecule has 0 aliphatic carbocycles. The molecule has 146 valence electrons. The van der Waals surface area contributed by atoms with E-state index >= 15 is 0 Å². The molecule has 0 bridgehead atoms. The van der Waals surface area contributed by atoms with Crippen molar-refractivity contribution in [3.8, 4) is 11.3 Å². The van der Waals surface area contributed by atoms with Gasteiger partial charge in [0, 0.05) is 12.1 Å². The first-order chi connectivity index (χ1) is 14.0. The van der Waals surface area contributed by atoms with Crippen LogP contribution in [0.2, 0.25) is 0 Å². The molecule has 0 aliphatic rings. The number of nitrogens with two attached hydrogens (primary N) is 2. The summed E-state index contributed by atoms with van der Waals surface area (Å²) in [6, 6.07) is 11.3. The molecule has 0 amide bonds. The van der Waals surface area contributed by atoms with Crippen molar-refractivity contribution >= 4 is 28.9 Å². The van der Waals surface area contributed by atoms with Crippen LogP contribution >= 0.6 is 0 Å². The summed E-state index contributed by atoms with van der Waals surface area (Å²) in [6.07, 6.45) is 1.61. The average molecular weight is 390 g/mol. The number of aromatic nitrogens is 6. The number of nitrogen functional groups attached to an aromatic ring is 2. The number of rotatable bonds is 5. The second-order valence-electron chi connectivity index (χ2n) is 6.16. The van der Waals surface area contributed by atoms with E-state index in [9.17, 15) is 4.79 Å². The van der Waals surface area contributed by atoms with Gasteiger partial charge in [0.2, 0.25) is 11.9 Å². The molecule has 29 heavy (non-hydrogen) atoms. The highest BCUT2D eigenvalue weighted by atomic mass is 16.5. The molecule has 0 unspecified atom stereocenters. The number of carbonyl (C=O) groups excluding carboxylic acids is 1. The zero-order valence-corrected chi connectivity index (χ0v) is 15.6. The average Bonchev–Trinajstić information content (AvgIpc) is 3.14. The summed E-state index contributed by atoms with van der Waals surface area (Å²) in [5, 5.41) is 4.92. The van der Waals surface area contributed by atoms with Gasteiger partial charge in [0.15, 0.2) is 18.1 Å². The van der Waals surface area contributed by atoms with Crippen molar-refractivity contribution < 1.29 is 9.53 Å². The van der Waals surface area contributed by atoms with Gasteiger partial charge in [-0.2, -0.15) is 20.1 Å². The smallest absolute Gasteiger partial charge is 0.339 e. The second-order valence-corrected chi connectivity index (χ2v) is 6.16. The van der Waals surface area contributed by atoms with Crippen LogP contribution in [0.25, 0.3) is 22.3 Å². The van der Waals surface area contributed by atoms with Crippen LogP contribution in [-0.4, -0.2) is 35.7 Å². The van der Waals surface area contributed by atoms with Crippen molar-refractivity contribution in [3.63, 3.8) is 0 Å². The number of pyridine rings is 1. The van der Waals surface area contributed by atoms with E-state index in [0.717, 1.165) is 5.56 Å². The zero-order valence-electron chi connectivity index (χ0n) is 15.6. The van der Waals surface area contributed by atoms with E-state index in [-0.39, 0.29) is 24.3 Å². The van der Waals surface area contributed by atoms with Gasteiger partial charge in [-0.05, 0) is 13.0 Å².